The van der Waals surface area contributed by atoms with Gasteiger partial charge in [-0.05, 0) is 17.4 Å². The Morgan fingerprint density at radius 1 is 1.12 bits per heavy atom. The van der Waals surface area contributed by atoms with E-state index in [0.29, 0.717) is 17.9 Å². The van der Waals surface area contributed by atoms with Crippen molar-refractivity contribution in [2.24, 2.45) is 11.3 Å². The van der Waals surface area contributed by atoms with Crippen LogP contribution in [-0.2, 0) is 0 Å². The number of fused-ring (bicyclic) bond motifs is 1. The summed E-state index contributed by atoms with van der Waals surface area (Å²) in [5.41, 5.74) is 1.57. The topological polar surface area (TPSA) is 9.23 Å². The second-order valence-electron chi connectivity index (χ2n) is 6.21. The van der Waals surface area contributed by atoms with E-state index < -0.39 is 0 Å². The minimum Gasteiger partial charge on any atom is -0.489 e. The molecule has 0 aromatic heterocycles. The second-order valence-corrected chi connectivity index (χ2v) is 6.21. The van der Waals surface area contributed by atoms with Crippen LogP contribution in [0.4, 0.5) is 0 Å². The number of para-hydroxylation sites is 1. The SMILES string of the molecule is CC(C)C1c2ccccc2OC1C(C)(C)C. The van der Waals surface area contributed by atoms with Crippen LogP contribution in [0.5, 0.6) is 5.75 Å². The van der Waals surface area contributed by atoms with Gasteiger partial charge in [-0.3, -0.25) is 0 Å². The highest BCUT2D eigenvalue weighted by Crippen LogP contribution is 2.47. The van der Waals surface area contributed by atoms with E-state index in [9.17, 15) is 0 Å². The summed E-state index contributed by atoms with van der Waals surface area (Å²) in [4.78, 5) is 0. The molecule has 1 aliphatic rings. The summed E-state index contributed by atoms with van der Waals surface area (Å²) >= 11 is 0. The predicted molar refractivity (Wildman–Crippen MR) is 67.9 cm³/mol. The Morgan fingerprint density at radius 2 is 1.75 bits per heavy atom. The number of ether oxygens (including phenoxy) is 1. The van der Waals surface area contributed by atoms with Crippen LogP contribution in [0, 0.1) is 11.3 Å². The molecule has 1 heteroatoms. The fourth-order valence-electron chi connectivity index (χ4n) is 2.66. The van der Waals surface area contributed by atoms with Crippen LogP contribution in [0.1, 0.15) is 46.1 Å². The smallest absolute Gasteiger partial charge is 0.123 e. The van der Waals surface area contributed by atoms with Crippen molar-refractivity contribution in [1.29, 1.82) is 0 Å². The zero-order valence-electron chi connectivity index (χ0n) is 10.9. The number of hydrogen-bond donors (Lipinski definition) is 0. The average molecular weight is 218 g/mol. The third kappa shape index (κ3) is 1.83. The van der Waals surface area contributed by atoms with E-state index in [1.165, 1.54) is 5.56 Å². The maximum absolute atomic E-state index is 6.15. The lowest BCUT2D eigenvalue weighted by atomic mass is 9.75. The third-order valence-corrected chi connectivity index (χ3v) is 3.43. The van der Waals surface area contributed by atoms with Crippen LogP contribution in [0.2, 0.25) is 0 Å². The minimum atomic E-state index is 0.188. The quantitative estimate of drug-likeness (QED) is 0.685. The van der Waals surface area contributed by atoms with Crippen LogP contribution >= 0.6 is 0 Å². The van der Waals surface area contributed by atoms with Crippen molar-refractivity contribution >= 4 is 0 Å². The van der Waals surface area contributed by atoms with Gasteiger partial charge in [0.1, 0.15) is 11.9 Å². The number of rotatable bonds is 1. The molecule has 0 bridgehead atoms. The molecule has 2 atom stereocenters. The molecule has 88 valence electrons. The average Bonchev–Trinajstić information content (AvgIpc) is 2.55. The molecule has 0 radical (unpaired) electrons. The largest absolute Gasteiger partial charge is 0.489 e. The minimum absolute atomic E-state index is 0.188. The van der Waals surface area contributed by atoms with Crippen molar-refractivity contribution in [3.63, 3.8) is 0 Å². The molecular formula is C15H22O. The maximum Gasteiger partial charge on any atom is 0.123 e. The highest BCUT2D eigenvalue weighted by molar-refractivity contribution is 5.41. The van der Waals surface area contributed by atoms with Crippen molar-refractivity contribution in [3.05, 3.63) is 29.8 Å². The molecule has 0 aliphatic carbocycles. The van der Waals surface area contributed by atoms with Crippen LogP contribution in [-0.4, -0.2) is 6.10 Å². The highest BCUT2D eigenvalue weighted by atomic mass is 16.5. The van der Waals surface area contributed by atoms with Crippen LogP contribution in [0.15, 0.2) is 24.3 Å². The first kappa shape index (κ1) is 11.5. The summed E-state index contributed by atoms with van der Waals surface area (Å²) in [6, 6.07) is 8.48. The normalized spacial score (nSPS) is 24.4. The standard InChI is InChI=1S/C15H22O/c1-10(2)13-11-8-6-7-9-12(11)16-14(13)15(3,4)5/h6-10,13-14H,1-5H3. The molecule has 0 saturated carbocycles. The molecule has 0 fully saturated rings. The molecule has 1 aromatic carbocycles. The summed E-state index contributed by atoms with van der Waals surface area (Å²) in [5.74, 6) is 2.23. The van der Waals surface area contributed by atoms with Gasteiger partial charge >= 0.3 is 0 Å². The van der Waals surface area contributed by atoms with Gasteiger partial charge in [-0.2, -0.15) is 0 Å². The van der Waals surface area contributed by atoms with E-state index in [4.69, 9.17) is 4.74 Å². The van der Waals surface area contributed by atoms with E-state index in [0.717, 1.165) is 5.75 Å². The number of hydrogen-bond acceptors (Lipinski definition) is 1. The molecule has 1 aliphatic heterocycles. The van der Waals surface area contributed by atoms with Crippen molar-refractivity contribution in [1.82, 2.24) is 0 Å². The summed E-state index contributed by atoms with van der Waals surface area (Å²) < 4.78 is 6.15. The Morgan fingerprint density at radius 3 is 2.31 bits per heavy atom. The Hall–Kier alpha value is -0.980. The van der Waals surface area contributed by atoms with E-state index in [2.05, 4.69) is 58.9 Å². The van der Waals surface area contributed by atoms with Crippen molar-refractivity contribution in [3.8, 4) is 5.75 Å². The zero-order chi connectivity index (χ0) is 11.9. The van der Waals surface area contributed by atoms with Gasteiger partial charge in [0.15, 0.2) is 0 Å². The van der Waals surface area contributed by atoms with Gasteiger partial charge in [-0.1, -0.05) is 52.8 Å². The first-order valence-electron chi connectivity index (χ1n) is 6.17. The molecule has 0 N–H and O–H groups in total. The molecule has 1 heterocycles. The van der Waals surface area contributed by atoms with Gasteiger partial charge in [0.25, 0.3) is 0 Å². The highest BCUT2D eigenvalue weighted by Gasteiger charge is 2.42. The monoisotopic (exact) mass is 218 g/mol. The molecule has 1 nitrogen and oxygen atoms in total. The fourth-order valence-corrected chi connectivity index (χ4v) is 2.66. The van der Waals surface area contributed by atoms with Crippen molar-refractivity contribution in [2.45, 2.75) is 46.6 Å². The van der Waals surface area contributed by atoms with E-state index in [1.807, 2.05) is 0 Å². The van der Waals surface area contributed by atoms with Crippen LogP contribution < -0.4 is 4.74 Å². The summed E-state index contributed by atoms with van der Waals surface area (Å²) in [6.45, 7) is 11.4. The van der Waals surface area contributed by atoms with Crippen molar-refractivity contribution < 1.29 is 4.74 Å². The molecule has 2 unspecified atom stereocenters. The lowest BCUT2D eigenvalue weighted by Gasteiger charge is -2.33. The fraction of sp³-hybridized carbons (Fsp3) is 0.600. The summed E-state index contributed by atoms with van der Waals surface area (Å²) in [7, 11) is 0. The predicted octanol–water partition coefficient (Wildman–Crippen LogP) is 4.23. The van der Waals surface area contributed by atoms with Gasteiger partial charge in [0.2, 0.25) is 0 Å². The Bertz CT molecular complexity index is 373. The van der Waals surface area contributed by atoms with Gasteiger partial charge < -0.3 is 4.74 Å². The molecule has 0 amide bonds. The van der Waals surface area contributed by atoms with E-state index in [1.54, 1.807) is 0 Å². The summed E-state index contributed by atoms with van der Waals surface area (Å²) in [5, 5.41) is 0. The maximum atomic E-state index is 6.15. The Kier molecular flexibility index (Phi) is 2.73. The van der Waals surface area contributed by atoms with Gasteiger partial charge in [-0.25, -0.2) is 0 Å². The second kappa shape index (κ2) is 3.80. The Balaban J connectivity index is 2.42. The van der Waals surface area contributed by atoms with Gasteiger partial charge in [0.05, 0.1) is 0 Å². The molecule has 1 aromatic rings. The molecule has 16 heavy (non-hydrogen) atoms. The van der Waals surface area contributed by atoms with Gasteiger partial charge in [0, 0.05) is 11.5 Å². The first-order valence-corrected chi connectivity index (χ1v) is 6.17. The van der Waals surface area contributed by atoms with E-state index in [-0.39, 0.29) is 5.41 Å². The van der Waals surface area contributed by atoms with Crippen LogP contribution in [0.25, 0.3) is 0 Å². The molecule has 0 saturated heterocycles. The number of benzene rings is 1. The zero-order valence-corrected chi connectivity index (χ0v) is 10.9. The lowest BCUT2D eigenvalue weighted by molar-refractivity contribution is 0.0732. The Labute approximate surface area is 98.8 Å². The molecule has 2 rings (SSSR count). The molecule has 0 spiro atoms. The first-order chi connectivity index (χ1) is 7.41. The van der Waals surface area contributed by atoms with Crippen molar-refractivity contribution in [2.75, 3.05) is 0 Å². The lowest BCUT2D eigenvalue weighted by Crippen LogP contribution is -2.35. The van der Waals surface area contributed by atoms with Crippen LogP contribution in [0.3, 0.4) is 0 Å². The third-order valence-electron chi connectivity index (χ3n) is 3.43. The molecular weight excluding hydrogens is 196 g/mol. The van der Waals surface area contributed by atoms with E-state index >= 15 is 0 Å². The summed E-state index contributed by atoms with van der Waals surface area (Å²) in [6.07, 6.45) is 0.296. The van der Waals surface area contributed by atoms with Gasteiger partial charge in [-0.15, -0.1) is 0 Å².